The molecule has 0 saturated carbocycles. The van der Waals surface area contributed by atoms with Crippen LogP contribution in [0.3, 0.4) is 0 Å². The highest BCUT2D eigenvalue weighted by molar-refractivity contribution is 5.92. The number of amides is 3. The number of fused-ring (bicyclic) bond motifs is 1. The van der Waals surface area contributed by atoms with E-state index in [0.717, 1.165) is 41.6 Å². The van der Waals surface area contributed by atoms with E-state index >= 15 is 0 Å². The van der Waals surface area contributed by atoms with Gasteiger partial charge in [0, 0.05) is 36.9 Å². The van der Waals surface area contributed by atoms with E-state index in [4.69, 9.17) is 5.21 Å². The third kappa shape index (κ3) is 6.08. The predicted octanol–water partition coefficient (Wildman–Crippen LogP) is 4.83. The summed E-state index contributed by atoms with van der Waals surface area (Å²) in [4.78, 5) is 28.7. The first-order valence-electron chi connectivity index (χ1n) is 10.8. The maximum Gasteiger partial charge on any atom is 0.321 e. The van der Waals surface area contributed by atoms with Gasteiger partial charge in [-0.3, -0.25) is 14.9 Å². The summed E-state index contributed by atoms with van der Waals surface area (Å²) in [6, 6.07) is 16.3. The number of hydroxylamine groups is 1. The van der Waals surface area contributed by atoms with Gasteiger partial charge in [0.15, 0.2) is 0 Å². The number of rotatable bonds is 10. The van der Waals surface area contributed by atoms with Crippen LogP contribution in [0.25, 0.3) is 22.0 Å². The van der Waals surface area contributed by atoms with E-state index in [1.165, 1.54) is 5.39 Å². The van der Waals surface area contributed by atoms with E-state index in [2.05, 4.69) is 28.5 Å². The summed E-state index contributed by atoms with van der Waals surface area (Å²) in [7, 11) is 0. The molecule has 3 rings (SSSR count). The number of hydrogen-bond donors (Lipinski definition) is 4. The minimum absolute atomic E-state index is 0.109. The van der Waals surface area contributed by atoms with E-state index in [0.29, 0.717) is 25.9 Å². The number of H-pyrrole nitrogens is 1. The molecule has 7 nitrogen and oxygen atoms in total. The highest BCUT2D eigenvalue weighted by atomic mass is 16.5. The van der Waals surface area contributed by atoms with Crippen molar-refractivity contribution in [1.82, 2.24) is 15.8 Å². The van der Waals surface area contributed by atoms with Crippen LogP contribution >= 0.6 is 0 Å². The number of aromatic nitrogens is 1. The summed E-state index contributed by atoms with van der Waals surface area (Å²) in [5, 5.41) is 12.6. The Morgan fingerprint density at radius 3 is 2.45 bits per heavy atom. The van der Waals surface area contributed by atoms with Gasteiger partial charge in [-0.15, -0.1) is 0 Å². The Labute approximate surface area is 182 Å². The Morgan fingerprint density at radius 1 is 0.968 bits per heavy atom. The van der Waals surface area contributed by atoms with Gasteiger partial charge in [-0.05, 0) is 60.5 Å². The van der Waals surface area contributed by atoms with Crippen molar-refractivity contribution in [2.45, 2.75) is 39.0 Å². The quantitative estimate of drug-likeness (QED) is 0.214. The second-order valence-corrected chi connectivity index (χ2v) is 7.51. The van der Waals surface area contributed by atoms with Gasteiger partial charge in [-0.1, -0.05) is 37.1 Å². The lowest BCUT2D eigenvalue weighted by molar-refractivity contribution is -0.129. The molecule has 0 aliphatic carbocycles. The Morgan fingerprint density at radius 2 is 1.71 bits per heavy atom. The van der Waals surface area contributed by atoms with Crippen LogP contribution in [0.15, 0.2) is 54.7 Å². The molecule has 1 aromatic heterocycles. The van der Waals surface area contributed by atoms with Crippen LogP contribution in [-0.4, -0.2) is 35.2 Å². The molecule has 0 radical (unpaired) electrons. The van der Waals surface area contributed by atoms with E-state index in [-0.39, 0.29) is 11.9 Å². The van der Waals surface area contributed by atoms with Gasteiger partial charge in [0.2, 0.25) is 5.91 Å². The number of anilines is 1. The largest absolute Gasteiger partial charge is 0.361 e. The molecule has 0 aliphatic rings. The number of unbranched alkanes of at least 4 members (excludes halogenated alkanes) is 3. The molecule has 0 aliphatic heterocycles. The van der Waals surface area contributed by atoms with Crippen molar-refractivity contribution >= 4 is 28.5 Å². The van der Waals surface area contributed by atoms with Crippen molar-refractivity contribution in [3.8, 4) is 11.1 Å². The molecule has 0 bridgehead atoms. The number of benzene rings is 2. The molecule has 3 amide bonds. The zero-order valence-corrected chi connectivity index (χ0v) is 17.9. The van der Waals surface area contributed by atoms with Crippen LogP contribution in [0.4, 0.5) is 10.5 Å². The number of aromatic amines is 1. The van der Waals surface area contributed by atoms with Crippen molar-refractivity contribution in [2.75, 3.05) is 18.0 Å². The van der Waals surface area contributed by atoms with E-state index in [1.807, 2.05) is 43.5 Å². The molecule has 0 spiro atoms. The Bertz CT molecular complexity index is 997. The first-order valence-corrected chi connectivity index (χ1v) is 10.8. The molecular formula is C24H30N4O3. The molecular weight excluding hydrogens is 392 g/mol. The second-order valence-electron chi connectivity index (χ2n) is 7.51. The molecule has 31 heavy (non-hydrogen) atoms. The molecule has 0 atom stereocenters. The van der Waals surface area contributed by atoms with Crippen LogP contribution < -0.4 is 15.7 Å². The van der Waals surface area contributed by atoms with Crippen LogP contribution in [0, 0.1) is 0 Å². The zero-order chi connectivity index (χ0) is 22.1. The summed E-state index contributed by atoms with van der Waals surface area (Å²) >= 11 is 0. The molecule has 164 valence electrons. The maximum absolute atomic E-state index is 12.6. The molecule has 3 aromatic rings. The lowest BCUT2D eigenvalue weighted by Crippen LogP contribution is -2.40. The average Bonchev–Trinajstić information content (AvgIpc) is 3.26. The Kier molecular flexibility index (Phi) is 8.06. The Balaban J connectivity index is 1.63. The Hall–Kier alpha value is -3.32. The van der Waals surface area contributed by atoms with Crippen LogP contribution in [0.2, 0.25) is 0 Å². The van der Waals surface area contributed by atoms with Crippen molar-refractivity contribution in [3.05, 3.63) is 54.7 Å². The fraction of sp³-hybridized carbons (Fsp3) is 0.333. The first-order chi connectivity index (χ1) is 15.1. The number of carbonyl (C=O) groups is 2. The van der Waals surface area contributed by atoms with Crippen molar-refractivity contribution < 1.29 is 14.8 Å². The average molecular weight is 423 g/mol. The van der Waals surface area contributed by atoms with Gasteiger partial charge in [0.25, 0.3) is 0 Å². The third-order valence-corrected chi connectivity index (χ3v) is 5.30. The zero-order valence-electron chi connectivity index (χ0n) is 17.9. The minimum atomic E-state index is -0.362. The van der Waals surface area contributed by atoms with E-state index < -0.39 is 0 Å². The van der Waals surface area contributed by atoms with Gasteiger partial charge in [0.05, 0.1) is 0 Å². The van der Waals surface area contributed by atoms with Gasteiger partial charge in [-0.25, -0.2) is 10.3 Å². The van der Waals surface area contributed by atoms with Crippen LogP contribution in [0.5, 0.6) is 0 Å². The summed E-state index contributed by atoms with van der Waals surface area (Å²) in [5.74, 6) is -0.362. The van der Waals surface area contributed by atoms with Crippen molar-refractivity contribution in [1.29, 1.82) is 0 Å². The molecule has 1 heterocycles. The number of nitrogens with zero attached hydrogens (tertiary/aromatic N) is 1. The van der Waals surface area contributed by atoms with E-state index in [1.54, 1.807) is 10.4 Å². The lowest BCUT2D eigenvalue weighted by Gasteiger charge is -2.23. The second kappa shape index (κ2) is 11.2. The van der Waals surface area contributed by atoms with Gasteiger partial charge in [0.1, 0.15) is 0 Å². The number of nitrogens with one attached hydrogen (secondary N) is 3. The smallest absolute Gasteiger partial charge is 0.321 e. The van der Waals surface area contributed by atoms with Crippen LogP contribution in [-0.2, 0) is 4.79 Å². The third-order valence-electron chi connectivity index (χ3n) is 5.30. The fourth-order valence-electron chi connectivity index (χ4n) is 3.62. The lowest BCUT2D eigenvalue weighted by atomic mass is 10.0. The number of urea groups is 1. The normalized spacial score (nSPS) is 10.8. The molecule has 7 heteroatoms. The standard InChI is InChI=1S/C24H30N4O3/c1-2-25-24(30)28(16-6-4-3-5-7-23(29)27-31)21-12-10-18(11-13-21)20-9-8-19-14-15-26-22(19)17-20/h8-15,17,26,31H,2-7,16H2,1H3,(H,25,30)(H,27,29). The topological polar surface area (TPSA) is 97.5 Å². The minimum Gasteiger partial charge on any atom is -0.361 e. The fourth-order valence-corrected chi connectivity index (χ4v) is 3.62. The maximum atomic E-state index is 12.6. The summed E-state index contributed by atoms with van der Waals surface area (Å²) in [5.41, 5.74) is 5.82. The van der Waals surface area contributed by atoms with Crippen molar-refractivity contribution in [2.24, 2.45) is 0 Å². The molecule has 4 N–H and O–H groups in total. The predicted molar refractivity (Wildman–Crippen MR) is 123 cm³/mol. The highest BCUT2D eigenvalue weighted by Crippen LogP contribution is 2.26. The molecule has 0 fully saturated rings. The highest BCUT2D eigenvalue weighted by Gasteiger charge is 2.15. The molecule has 2 aromatic carbocycles. The molecule has 0 unspecified atom stereocenters. The van der Waals surface area contributed by atoms with Gasteiger partial charge >= 0.3 is 6.03 Å². The van der Waals surface area contributed by atoms with Crippen molar-refractivity contribution in [3.63, 3.8) is 0 Å². The number of hydrogen-bond acceptors (Lipinski definition) is 3. The number of carbonyl (C=O) groups excluding carboxylic acids is 2. The summed E-state index contributed by atoms with van der Waals surface area (Å²) < 4.78 is 0. The summed E-state index contributed by atoms with van der Waals surface area (Å²) in [6.45, 7) is 3.08. The first kappa shape index (κ1) is 22.4. The van der Waals surface area contributed by atoms with Gasteiger partial charge in [-0.2, -0.15) is 0 Å². The molecule has 0 saturated heterocycles. The van der Waals surface area contributed by atoms with Crippen LogP contribution in [0.1, 0.15) is 39.0 Å². The van der Waals surface area contributed by atoms with E-state index in [9.17, 15) is 9.59 Å². The van der Waals surface area contributed by atoms with Gasteiger partial charge < -0.3 is 10.3 Å². The summed E-state index contributed by atoms with van der Waals surface area (Å²) in [6.07, 6.45) is 5.58. The monoisotopic (exact) mass is 422 g/mol. The SMILES string of the molecule is CCNC(=O)N(CCCCCCC(=O)NO)c1ccc(-c2ccc3cc[nH]c3c2)cc1.